The number of aryl methyl sites for hydroxylation is 3. The molecule has 1 atom stereocenters. The van der Waals surface area contributed by atoms with E-state index in [1.807, 2.05) is 23.9 Å². The van der Waals surface area contributed by atoms with Crippen molar-refractivity contribution < 1.29 is 4.79 Å². The summed E-state index contributed by atoms with van der Waals surface area (Å²) in [5.74, 6) is 1.51. The average Bonchev–Trinajstić information content (AvgIpc) is 3.01. The number of carbonyl (C=O) groups is 1. The van der Waals surface area contributed by atoms with E-state index in [9.17, 15) is 4.79 Å². The number of hydrogen-bond donors (Lipinski definition) is 2. The van der Waals surface area contributed by atoms with Gasteiger partial charge in [-0.3, -0.25) is 5.32 Å². The second kappa shape index (κ2) is 5.77. The molecule has 1 unspecified atom stereocenters. The van der Waals surface area contributed by atoms with Gasteiger partial charge in [0.05, 0.1) is 11.6 Å². The summed E-state index contributed by atoms with van der Waals surface area (Å²) >= 11 is 1.35. The number of nitrogens with one attached hydrogen (secondary N) is 2. The number of rotatable bonds is 2. The molecule has 0 radical (unpaired) electrons. The third-order valence-electron chi connectivity index (χ3n) is 3.60. The van der Waals surface area contributed by atoms with Crippen LogP contribution in [0.5, 0.6) is 0 Å². The van der Waals surface area contributed by atoms with Crippen LogP contribution in [0.2, 0.25) is 0 Å². The number of nitriles is 1. The summed E-state index contributed by atoms with van der Waals surface area (Å²) in [6.07, 6.45) is 1.78. The van der Waals surface area contributed by atoms with E-state index in [1.54, 1.807) is 0 Å². The number of carbonyl (C=O) groups excluding carboxylic acids is 1. The molecule has 1 aliphatic rings. The third-order valence-corrected chi connectivity index (χ3v) is 4.61. The summed E-state index contributed by atoms with van der Waals surface area (Å²) in [4.78, 5) is 16.6. The van der Waals surface area contributed by atoms with Crippen molar-refractivity contribution in [1.29, 1.82) is 5.26 Å². The first-order valence-corrected chi connectivity index (χ1v) is 7.93. The summed E-state index contributed by atoms with van der Waals surface area (Å²) in [5.41, 5.74) is 1.39. The van der Waals surface area contributed by atoms with E-state index in [0.29, 0.717) is 16.4 Å². The number of amides is 2. The van der Waals surface area contributed by atoms with E-state index >= 15 is 0 Å². The minimum absolute atomic E-state index is 0.151. The molecule has 2 aromatic heterocycles. The van der Waals surface area contributed by atoms with Crippen LogP contribution in [0.15, 0.2) is 5.38 Å². The van der Waals surface area contributed by atoms with Gasteiger partial charge in [-0.2, -0.15) is 10.4 Å². The summed E-state index contributed by atoms with van der Waals surface area (Å²) < 4.78 is 1.85. The molecule has 2 aromatic rings. The first-order valence-electron chi connectivity index (χ1n) is 7.05. The Balaban J connectivity index is 1.72. The highest BCUT2D eigenvalue weighted by atomic mass is 32.1. The van der Waals surface area contributed by atoms with Crippen molar-refractivity contribution in [2.45, 2.75) is 39.3 Å². The Morgan fingerprint density at radius 3 is 3.14 bits per heavy atom. The second-order valence-corrected chi connectivity index (χ2v) is 6.15. The molecule has 0 spiro atoms. The number of fused-ring (bicyclic) bond motifs is 1. The molecule has 3 rings (SSSR count). The predicted molar refractivity (Wildman–Crippen MR) is 82.7 cm³/mol. The Morgan fingerprint density at radius 2 is 2.36 bits per heavy atom. The molecule has 0 aromatic carbocycles. The third kappa shape index (κ3) is 2.67. The number of hydrogen-bond acceptors (Lipinski definition) is 5. The summed E-state index contributed by atoms with van der Waals surface area (Å²) in [6.45, 7) is 4.53. The molecule has 0 saturated carbocycles. The Kier molecular flexibility index (Phi) is 3.81. The van der Waals surface area contributed by atoms with Crippen molar-refractivity contribution in [2.24, 2.45) is 0 Å². The van der Waals surface area contributed by atoms with Gasteiger partial charge in [0.25, 0.3) is 0 Å². The lowest BCUT2D eigenvalue weighted by molar-refractivity contribution is 0.244. The fraction of sp³-hybridized carbons (Fsp3) is 0.429. The van der Waals surface area contributed by atoms with Crippen LogP contribution in [0.1, 0.15) is 41.7 Å². The predicted octanol–water partition coefficient (Wildman–Crippen LogP) is 2.48. The molecular formula is C14H16N6OS. The number of thiophene rings is 1. The number of anilines is 1. The van der Waals surface area contributed by atoms with Crippen LogP contribution in [-0.2, 0) is 6.54 Å². The maximum absolute atomic E-state index is 12.2. The standard InChI is InChI=1S/C14H16N6OS/c1-8-7-22-13(10(8)6-15)18-14(21)17-11-4-3-5-20-12(11)16-9(2)19-20/h7,11H,3-5H2,1-2H3,(H2,17,18,21). The Labute approximate surface area is 132 Å². The number of nitrogens with zero attached hydrogens (tertiary/aromatic N) is 4. The maximum atomic E-state index is 12.2. The molecule has 2 amide bonds. The molecule has 22 heavy (non-hydrogen) atoms. The fourth-order valence-electron chi connectivity index (χ4n) is 2.58. The highest BCUT2D eigenvalue weighted by Gasteiger charge is 2.25. The second-order valence-electron chi connectivity index (χ2n) is 5.27. The van der Waals surface area contributed by atoms with E-state index in [-0.39, 0.29) is 12.1 Å². The molecule has 114 valence electrons. The molecule has 0 aliphatic carbocycles. The Morgan fingerprint density at radius 1 is 1.55 bits per heavy atom. The van der Waals surface area contributed by atoms with Gasteiger partial charge in [-0.25, -0.2) is 14.5 Å². The van der Waals surface area contributed by atoms with Crippen LogP contribution in [-0.4, -0.2) is 20.8 Å². The van der Waals surface area contributed by atoms with Crippen molar-refractivity contribution in [3.8, 4) is 6.07 Å². The fourth-order valence-corrected chi connectivity index (χ4v) is 3.47. The maximum Gasteiger partial charge on any atom is 0.320 e. The smallest absolute Gasteiger partial charge is 0.320 e. The molecule has 0 saturated heterocycles. The van der Waals surface area contributed by atoms with Gasteiger partial charge in [0, 0.05) is 6.54 Å². The van der Waals surface area contributed by atoms with Crippen LogP contribution in [0.4, 0.5) is 9.80 Å². The van der Waals surface area contributed by atoms with Crippen LogP contribution in [0, 0.1) is 25.2 Å². The van der Waals surface area contributed by atoms with Crippen molar-refractivity contribution >= 4 is 22.4 Å². The normalized spacial score (nSPS) is 16.7. The van der Waals surface area contributed by atoms with Gasteiger partial charge in [-0.05, 0) is 37.6 Å². The van der Waals surface area contributed by atoms with Crippen molar-refractivity contribution in [3.05, 3.63) is 28.2 Å². The minimum atomic E-state index is -0.322. The summed E-state index contributed by atoms with van der Waals surface area (Å²) in [7, 11) is 0. The van der Waals surface area contributed by atoms with Gasteiger partial charge in [-0.1, -0.05) is 0 Å². The average molecular weight is 316 g/mol. The summed E-state index contributed by atoms with van der Waals surface area (Å²) in [5, 5.41) is 21.5. The van der Waals surface area contributed by atoms with Crippen LogP contribution < -0.4 is 10.6 Å². The van der Waals surface area contributed by atoms with Gasteiger partial charge in [-0.15, -0.1) is 11.3 Å². The van der Waals surface area contributed by atoms with E-state index in [1.165, 1.54) is 11.3 Å². The highest BCUT2D eigenvalue weighted by Crippen LogP contribution is 2.27. The molecule has 2 N–H and O–H groups in total. The molecule has 0 fully saturated rings. The molecule has 1 aliphatic heterocycles. The van der Waals surface area contributed by atoms with Crippen LogP contribution in [0.25, 0.3) is 0 Å². The molecule has 3 heterocycles. The van der Waals surface area contributed by atoms with Gasteiger partial charge >= 0.3 is 6.03 Å². The number of urea groups is 1. The van der Waals surface area contributed by atoms with Crippen molar-refractivity contribution in [3.63, 3.8) is 0 Å². The van der Waals surface area contributed by atoms with Crippen molar-refractivity contribution in [1.82, 2.24) is 20.1 Å². The largest absolute Gasteiger partial charge is 0.328 e. The van der Waals surface area contributed by atoms with Crippen LogP contribution in [0.3, 0.4) is 0 Å². The molecule has 0 bridgehead atoms. The van der Waals surface area contributed by atoms with Gasteiger partial charge in [0.2, 0.25) is 0 Å². The van der Waals surface area contributed by atoms with E-state index in [0.717, 1.165) is 30.8 Å². The quantitative estimate of drug-likeness (QED) is 0.889. The van der Waals surface area contributed by atoms with E-state index in [2.05, 4.69) is 26.8 Å². The minimum Gasteiger partial charge on any atom is -0.328 e. The lowest BCUT2D eigenvalue weighted by atomic mass is 10.1. The Bertz CT molecular complexity index is 756. The highest BCUT2D eigenvalue weighted by molar-refractivity contribution is 7.14. The van der Waals surface area contributed by atoms with Crippen LogP contribution >= 0.6 is 11.3 Å². The lowest BCUT2D eigenvalue weighted by Gasteiger charge is -2.23. The van der Waals surface area contributed by atoms with E-state index < -0.39 is 0 Å². The molecule has 7 nitrogen and oxygen atoms in total. The SMILES string of the molecule is Cc1nc2n(n1)CCCC2NC(=O)Nc1scc(C)c1C#N. The van der Waals surface area contributed by atoms with Gasteiger partial charge in [0.1, 0.15) is 22.7 Å². The molecular weight excluding hydrogens is 300 g/mol. The zero-order valence-corrected chi connectivity index (χ0v) is 13.2. The van der Waals surface area contributed by atoms with Gasteiger partial charge < -0.3 is 5.32 Å². The topological polar surface area (TPSA) is 95.6 Å². The first kappa shape index (κ1) is 14.5. The first-order chi connectivity index (χ1) is 10.6. The monoisotopic (exact) mass is 316 g/mol. The Hall–Kier alpha value is -2.40. The lowest BCUT2D eigenvalue weighted by Crippen LogP contribution is -2.36. The summed E-state index contributed by atoms with van der Waals surface area (Å²) in [6, 6.07) is 1.64. The zero-order valence-electron chi connectivity index (χ0n) is 12.4. The molecule has 8 heteroatoms. The van der Waals surface area contributed by atoms with Crippen molar-refractivity contribution in [2.75, 3.05) is 5.32 Å². The number of aromatic nitrogens is 3. The zero-order chi connectivity index (χ0) is 15.7. The van der Waals surface area contributed by atoms with E-state index in [4.69, 9.17) is 5.26 Å². The van der Waals surface area contributed by atoms with Gasteiger partial charge in [0.15, 0.2) is 0 Å².